The number of aromatic nitrogens is 1. The third-order valence-electron chi connectivity index (χ3n) is 4.42. The van der Waals surface area contributed by atoms with Crippen LogP contribution in [0.15, 0.2) is 53.5 Å². The van der Waals surface area contributed by atoms with Gasteiger partial charge in [0.05, 0.1) is 5.56 Å². The van der Waals surface area contributed by atoms with Gasteiger partial charge in [0.15, 0.2) is 0 Å². The third-order valence-corrected chi connectivity index (χ3v) is 4.42. The molecule has 0 saturated heterocycles. The van der Waals surface area contributed by atoms with Gasteiger partial charge in [0.1, 0.15) is 0 Å². The van der Waals surface area contributed by atoms with Crippen molar-refractivity contribution in [1.29, 1.82) is 0 Å². The standard InChI is InChI=1S/C18H20N2O2/c1-12(15-10-16(15)13-6-4-3-5-7-13)19-18(22)14-8-9-17(21)20(2)11-14/h3-9,11-12,15-16H,10H2,1-2H3,(H,19,22)/t12-,15+,16-/m0/s1. The van der Waals surface area contributed by atoms with E-state index in [1.165, 1.54) is 16.2 Å². The summed E-state index contributed by atoms with van der Waals surface area (Å²) in [5.74, 6) is 0.900. The van der Waals surface area contributed by atoms with Crippen molar-refractivity contribution in [2.24, 2.45) is 13.0 Å². The molecule has 22 heavy (non-hydrogen) atoms. The molecule has 1 aromatic carbocycles. The number of pyridine rings is 1. The van der Waals surface area contributed by atoms with Crippen molar-refractivity contribution in [2.75, 3.05) is 0 Å². The van der Waals surface area contributed by atoms with E-state index in [-0.39, 0.29) is 17.5 Å². The largest absolute Gasteiger partial charge is 0.349 e. The van der Waals surface area contributed by atoms with Gasteiger partial charge in [-0.2, -0.15) is 0 Å². The van der Waals surface area contributed by atoms with Crippen LogP contribution < -0.4 is 10.9 Å². The number of rotatable bonds is 4. The molecule has 4 nitrogen and oxygen atoms in total. The highest BCUT2D eigenvalue weighted by Crippen LogP contribution is 2.49. The molecule has 0 radical (unpaired) electrons. The number of hydrogen-bond acceptors (Lipinski definition) is 2. The first-order valence-corrected chi connectivity index (χ1v) is 7.59. The molecule has 1 aliphatic carbocycles. The van der Waals surface area contributed by atoms with E-state index in [1.54, 1.807) is 19.3 Å². The van der Waals surface area contributed by atoms with Gasteiger partial charge in [-0.05, 0) is 36.8 Å². The number of carbonyl (C=O) groups is 1. The molecule has 1 heterocycles. The zero-order chi connectivity index (χ0) is 15.7. The van der Waals surface area contributed by atoms with E-state index in [1.807, 2.05) is 13.0 Å². The maximum absolute atomic E-state index is 12.3. The molecular formula is C18H20N2O2. The Hall–Kier alpha value is -2.36. The smallest absolute Gasteiger partial charge is 0.252 e. The average Bonchev–Trinajstić information content (AvgIpc) is 3.31. The molecule has 3 rings (SSSR count). The Morgan fingerprint density at radius 2 is 1.95 bits per heavy atom. The highest BCUT2D eigenvalue weighted by Gasteiger charge is 2.42. The van der Waals surface area contributed by atoms with Gasteiger partial charge in [-0.15, -0.1) is 0 Å². The molecule has 3 atom stereocenters. The number of amides is 1. The minimum absolute atomic E-state index is 0.115. The van der Waals surface area contributed by atoms with Crippen LogP contribution in [0, 0.1) is 5.92 Å². The van der Waals surface area contributed by atoms with E-state index in [9.17, 15) is 9.59 Å². The molecule has 1 aliphatic rings. The Morgan fingerprint density at radius 1 is 1.23 bits per heavy atom. The lowest BCUT2D eigenvalue weighted by atomic mass is 10.1. The maximum Gasteiger partial charge on any atom is 0.252 e. The van der Waals surface area contributed by atoms with E-state index in [0.29, 0.717) is 17.4 Å². The summed E-state index contributed by atoms with van der Waals surface area (Å²) in [4.78, 5) is 23.6. The van der Waals surface area contributed by atoms with Crippen molar-refractivity contribution >= 4 is 5.91 Å². The molecule has 1 fully saturated rings. The van der Waals surface area contributed by atoms with Crippen LogP contribution in [0.3, 0.4) is 0 Å². The molecule has 1 N–H and O–H groups in total. The second-order valence-electron chi connectivity index (χ2n) is 6.05. The number of carbonyl (C=O) groups excluding carboxylic acids is 1. The van der Waals surface area contributed by atoms with E-state index in [0.717, 1.165) is 6.42 Å². The monoisotopic (exact) mass is 296 g/mol. The van der Waals surface area contributed by atoms with Gasteiger partial charge in [0, 0.05) is 25.4 Å². The van der Waals surface area contributed by atoms with E-state index >= 15 is 0 Å². The highest BCUT2D eigenvalue weighted by atomic mass is 16.2. The molecule has 4 heteroatoms. The summed E-state index contributed by atoms with van der Waals surface area (Å²) >= 11 is 0. The Bertz CT molecular complexity index is 736. The van der Waals surface area contributed by atoms with Crippen LogP contribution >= 0.6 is 0 Å². The fourth-order valence-corrected chi connectivity index (χ4v) is 2.98. The van der Waals surface area contributed by atoms with E-state index in [4.69, 9.17) is 0 Å². The van der Waals surface area contributed by atoms with Crippen molar-refractivity contribution in [3.05, 3.63) is 70.1 Å². The molecule has 0 bridgehead atoms. The summed E-state index contributed by atoms with van der Waals surface area (Å²) in [7, 11) is 1.65. The fraction of sp³-hybridized carbons (Fsp3) is 0.333. The van der Waals surface area contributed by atoms with Gasteiger partial charge in [0.25, 0.3) is 5.91 Å². The van der Waals surface area contributed by atoms with Crippen molar-refractivity contribution < 1.29 is 4.79 Å². The highest BCUT2D eigenvalue weighted by molar-refractivity contribution is 5.94. The maximum atomic E-state index is 12.3. The quantitative estimate of drug-likeness (QED) is 0.941. The zero-order valence-corrected chi connectivity index (χ0v) is 12.8. The predicted molar refractivity (Wildman–Crippen MR) is 85.9 cm³/mol. The van der Waals surface area contributed by atoms with Crippen LogP contribution in [0.25, 0.3) is 0 Å². The van der Waals surface area contributed by atoms with Gasteiger partial charge < -0.3 is 9.88 Å². The van der Waals surface area contributed by atoms with Crippen molar-refractivity contribution in [2.45, 2.75) is 25.3 Å². The van der Waals surface area contributed by atoms with Crippen LogP contribution in [-0.4, -0.2) is 16.5 Å². The molecule has 114 valence electrons. The van der Waals surface area contributed by atoms with Crippen LogP contribution in [0.4, 0.5) is 0 Å². The van der Waals surface area contributed by atoms with Crippen LogP contribution in [0.2, 0.25) is 0 Å². The zero-order valence-electron chi connectivity index (χ0n) is 12.8. The van der Waals surface area contributed by atoms with Gasteiger partial charge in [0.2, 0.25) is 5.56 Å². The van der Waals surface area contributed by atoms with Gasteiger partial charge in [-0.3, -0.25) is 9.59 Å². The molecule has 1 saturated carbocycles. The Labute approximate surface area is 129 Å². The summed E-state index contributed by atoms with van der Waals surface area (Å²) in [5.41, 5.74) is 1.75. The summed E-state index contributed by atoms with van der Waals surface area (Å²) < 4.78 is 1.42. The molecule has 1 amide bonds. The minimum Gasteiger partial charge on any atom is -0.349 e. The summed E-state index contributed by atoms with van der Waals surface area (Å²) in [5, 5.41) is 3.05. The lowest BCUT2D eigenvalue weighted by molar-refractivity contribution is 0.0934. The number of benzene rings is 1. The summed E-state index contributed by atoms with van der Waals surface area (Å²) in [6.07, 6.45) is 2.69. The van der Waals surface area contributed by atoms with Crippen LogP contribution in [0.5, 0.6) is 0 Å². The fourth-order valence-electron chi connectivity index (χ4n) is 2.98. The second kappa shape index (κ2) is 5.79. The van der Waals surface area contributed by atoms with Crippen molar-refractivity contribution in [3.8, 4) is 0 Å². The molecule has 0 aliphatic heterocycles. The predicted octanol–water partition coefficient (Wildman–Crippen LogP) is 2.31. The SMILES string of the molecule is C[C@H](NC(=O)c1ccc(=O)n(C)c1)[C@H]1C[C@H]1c1ccccc1. The lowest BCUT2D eigenvalue weighted by Gasteiger charge is -2.14. The molecule has 0 unspecified atom stereocenters. The van der Waals surface area contributed by atoms with Crippen molar-refractivity contribution in [1.82, 2.24) is 9.88 Å². The summed E-state index contributed by atoms with van der Waals surface area (Å²) in [6.45, 7) is 2.05. The Kier molecular flexibility index (Phi) is 3.84. The van der Waals surface area contributed by atoms with E-state index < -0.39 is 0 Å². The number of nitrogens with one attached hydrogen (secondary N) is 1. The Morgan fingerprint density at radius 3 is 2.64 bits per heavy atom. The molecule has 1 aromatic heterocycles. The first-order chi connectivity index (χ1) is 10.6. The lowest BCUT2D eigenvalue weighted by Crippen LogP contribution is -2.35. The normalized spacial score (nSPS) is 21.2. The van der Waals surface area contributed by atoms with Crippen molar-refractivity contribution in [3.63, 3.8) is 0 Å². The average molecular weight is 296 g/mol. The first kappa shape index (κ1) is 14.6. The first-order valence-electron chi connectivity index (χ1n) is 7.59. The van der Waals surface area contributed by atoms with Gasteiger partial charge in [-0.1, -0.05) is 30.3 Å². The van der Waals surface area contributed by atoms with Gasteiger partial charge >= 0.3 is 0 Å². The van der Waals surface area contributed by atoms with Gasteiger partial charge in [-0.25, -0.2) is 0 Å². The minimum atomic E-state index is -0.123. The number of nitrogens with zero attached hydrogens (tertiary/aromatic N) is 1. The van der Waals surface area contributed by atoms with E-state index in [2.05, 4.69) is 29.6 Å². The number of aryl methyl sites for hydroxylation is 1. The molecular weight excluding hydrogens is 276 g/mol. The summed E-state index contributed by atoms with van der Waals surface area (Å²) in [6, 6.07) is 13.5. The van der Waals surface area contributed by atoms with Crippen LogP contribution in [0.1, 0.15) is 35.2 Å². The molecule has 0 spiro atoms. The van der Waals surface area contributed by atoms with Crippen LogP contribution in [-0.2, 0) is 7.05 Å². The Balaban J connectivity index is 1.63. The topological polar surface area (TPSA) is 51.1 Å². The second-order valence-corrected chi connectivity index (χ2v) is 6.05. The number of hydrogen-bond donors (Lipinski definition) is 1. The molecule has 2 aromatic rings. The third kappa shape index (κ3) is 2.96.